The van der Waals surface area contributed by atoms with Crippen molar-refractivity contribution in [3.05, 3.63) is 67.0 Å². The third kappa shape index (κ3) is 5.37. The summed E-state index contributed by atoms with van der Waals surface area (Å²) in [6.07, 6.45) is 8.21. The maximum Gasteiger partial charge on any atom is 0.433 e. The van der Waals surface area contributed by atoms with Crippen LogP contribution < -0.4 is 4.74 Å². The first-order chi connectivity index (χ1) is 21.3. The molecule has 1 aliphatic heterocycles. The molecule has 0 atom stereocenters. The molecule has 1 aliphatic carbocycles. The van der Waals surface area contributed by atoms with E-state index in [0.29, 0.717) is 24.8 Å². The number of fused-ring (bicyclic) bond motifs is 1. The summed E-state index contributed by atoms with van der Waals surface area (Å²) in [6.45, 7) is 1.60. The Kier molecular flexibility index (Phi) is 7.00. The van der Waals surface area contributed by atoms with Crippen molar-refractivity contribution in [2.75, 3.05) is 13.1 Å². The molecule has 0 amide bonds. The van der Waals surface area contributed by atoms with Gasteiger partial charge in [-0.25, -0.2) is 24.6 Å². The number of ether oxygens (including phenoxy) is 1. The lowest BCUT2D eigenvalue weighted by molar-refractivity contribution is -0.141. The van der Waals surface area contributed by atoms with Gasteiger partial charge in [-0.2, -0.15) is 28.6 Å². The Hall–Kier alpha value is -4.84. The summed E-state index contributed by atoms with van der Waals surface area (Å²) in [5.41, 5.74) is 1.38. The average molecular weight is 604 g/mol. The first kappa shape index (κ1) is 28.0. The smallest absolute Gasteiger partial charge is 0.433 e. The van der Waals surface area contributed by atoms with Gasteiger partial charge in [0.2, 0.25) is 5.88 Å². The Bertz CT molecular complexity index is 1790. The van der Waals surface area contributed by atoms with Gasteiger partial charge in [-0.1, -0.05) is 0 Å². The van der Waals surface area contributed by atoms with Crippen LogP contribution in [0.15, 0.2) is 55.8 Å². The number of H-pyrrole nitrogens is 1. The molecule has 2 aliphatic rings. The van der Waals surface area contributed by atoms with Gasteiger partial charge in [0.05, 0.1) is 36.5 Å². The first-order valence-corrected chi connectivity index (χ1v) is 14.3. The normalized spacial score (nSPS) is 21.3. The van der Waals surface area contributed by atoms with E-state index in [1.54, 1.807) is 6.20 Å². The Morgan fingerprint density at radius 2 is 1.95 bits per heavy atom. The fraction of sp³-hybridized carbons (Fsp3) is 0.414. The Labute approximate surface area is 249 Å². The summed E-state index contributed by atoms with van der Waals surface area (Å²) in [6, 6.07) is 7.10. The van der Waals surface area contributed by atoms with E-state index in [-0.39, 0.29) is 24.6 Å². The van der Waals surface area contributed by atoms with Crippen LogP contribution in [0.1, 0.15) is 43.4 Å². The van der Waals surface area contributed by atoms with Gasteiger partial charge in [-0.15, -0.1) is 0 Å². The topological polar surface area (TPSA) is 139 Å². The molecular weight excluding hydrogens is 575 g/mol. The van der Waals surface area contributed by atoms with Gasteiger partial charge >= 0.3 is 6.18 Å². The lowest BCUT2D eigenvalue weighted by Gasteiger charge is -2.52. The monoisotopic (exact) mass is 603 g/mol. The molecule has 0 radical (unpaired) electrons. The molecule has 5 aromatic heterocycles. The van der Waals surface area contributed by atoms with Gasteiger partial charge in [0, 0.05) is 48.5 Å². The number of aromatic nitrogens is 9. The zero-order chi connectivity index (χ0) is 30.3. The van der Waals surface area contributed by atoms with Gasteiger partial charge in [0.15, 0.2) is 0 Å². The Morgan fingerprint density at radius 3 is 2.70 bits per heavy atom. The van der Waals surface area contributed by atoms with Crippen LogP contribution in [0.4, 0.5) is 13.2 Å². The molecule has 0 unspecified atom stereocenters. The molecule has 0 bridgehead atoms. The van der Waals surface area contributed by atoms with Crippen molar-refractivity contribution in [3.8, 4) is 23.2 Å². The number of hydrogen-bond donors (Lipinski definition) is 1. The Balaban J connectivity index is 0.994. The zero-order valence-electron chi connectivity index (χ0n) is 23.5. The number of likely N-dealkylation sites (tertiary alicyclic amines) is 1. The second kappa shape index (κ2) is 11.0. The first-order valence-electron chi connectivity index (χ1n) is 14.3. The molecule has 7 rings (SSSR count). The highest BCUT2D eigenvalue weighted by Crippen LogP contribution is 2.45. The molecule has 226 valence electrons. The summed E-state index contributed by atoms with van der Waals surface area (Å²) in [5.74, 6) is -0.0415. The van der Waals surface area contributed by atoms with Crippen molar-refractivity contribution in [1.82, 2.24) is 49.4 Å². The van der Waals surface area contributed by atoms with Crippen LogP contribution in [0.3, 0.4) is 0 Å². The van der Waals surface area contributed by atoms with Crippen LogP contribution in [0.5, 0.6) is 5.88 Å². The third-order valence-corrected chi connectivity index (χ3v) is 8.58. The highest BCUT2D eigenvalue weighted by Gasteiger charge is 2.49. The molecule has 12 nitrogen and oxygen atoms in total. The van der Waals surface area contributed by atoms with Crippen LogP contribution in [0.2, 0.25) is 0 Å². The fourth-order valence-electron chi connectivity index (χ4n) is 6.33. The van der Waals surface area contributed by atoms with Crippen molar-refractivity contribution < 1.29 is 17.9 Å². The summed E-state index contributed by atoms with van der Waals surface area (Å²) in [7, 11) is 0. The highest BCUT2D eigenvalue weighted by molar-refractivity contribution is 5.90. The van der Waals surface area contributed by atoms with E-state index < -0.39 is 17.4 Å². The predicted octanol–water partition coefficient (Wildman–Crippen LogP) is 4.19. The number of hydrogen-bond acceptors (Lipinski definition) is 9. The van der Waals surface area contributed by atoms with Gasteiger partial charge < -0.3 is 9.72 Å². The van der Waals surface area contributed by atoms with E-state index >= 15 is 0 Å². The summed E-state index contributed by atoms with van der Waals surface area (Å²) in [4.78, 5) is 21.8. The minimum Gasteiger partial charge on any atom is -0.474 e. The molecule has 44 heavy (non-hydrogen) atoms. The van der Waals surface area contributed by atoms with E-state index in [0.717, 1.165) is 54.3 Å². The van der Waals surface area contributed by atoms with Crippen molar-refractivity contribution in [2.24, 2.45) is 0 Å². The number of nitrogens with one attached hydrogen (secondary N) is 1. The van der Waals surface area contributed by atoms with Gasteiger partial charge in [-0.3, -0.25) is 9.58 Å². The molecule has 15 heteroatoms. The maximum atomic E-state index is 13.6. The van der Waals surface area contributed by atoms with Crippen molar-refractivity contribution >= 4 is 11.0 Å². The molecule has 1 N–H and O–H groups in total. The molecule has 5 aromatic rings. The molecule has 1 saturated heterocycles. The number of nitriles is 1. The molecule has 0 spiro atoms. The SMILES string of the molecule is N#CC[C@]1(n2cc(-c3ncnc4[nH]ccc34)cn2)C[C@@H](N2CCC(Oc3cc(Cn4cncn4)cc(C(F)(F)F)n3)CC2)C1. The molecule has 0 aromatic carbocycles. The standard InChI is InChI=1S/C29H28F3N11O/c30-29(31,32)24-9-19(14-42-18-34-16-39-42)10-25(40-24)44-22-2-7-41(8-3-22)21-11-28(12-21,4-5-33)43-15-20(13-38-43)26-23-1-6-35-27(23)37-17-36-26/h1,6,9-10,13,15-18,21-22H,2-4,7-8,11-12,14H2,(H,35,36,37)/t21-,28+. The lowest BCUT2D eigenvalue weighted by Crippen LogP contribution is -2.58. The number of aromatic amines is 1. The lowest BCUT2D eigenvalue weighted by atomic mass is 9.69. The molecule has 6 heterocycles. The maximum absolute atomic E-state index is 13.6. The number of alkyl halides is 3. The van der Waals surface area contributed by atoms with Crippen molar-refractivity contribution in [1.29, 1.82) is 5.26 Å². The summed E-state index contributed by atoms with van der Waals surface area (Å²) in [5, 5.41) is 19.2. The quantitative estimate of drug-likeness (QED) is 0.277. The molecular formula is C29H28F3N11O. The van der Waals surface area contributed by atoms with E-state index in [1.807, 2.05) is 23.1 Å². The van der Waals surface area contributed by atoms with E-state index in [9.17, 15) is 18.4 Å². The van der Waals surface area contributed by atoms with Gasteiger partial charge in [0.25, 0.3) is 0 Å². The number of pyridine rings is 1. The molecule has 2 fully saturated rings. The number of halogens is 3. The van der Waals surface area contributed by atoms with Crippen LogP contribution in [-0.2, 0) is 18.3 Å². The summed E-state index contributed by atoms with van der Waals surface area (Å²) >= 11 is 0. The average Bonchev–Trinajstić information content (AvgIpc) is 3.77. The molecule has 1 saturated carbocycles. The van der Waals surface area contributed by atoms with E-state index in [2.05, 4.69) is 46.1 Å². The van der Waals surface area contributed by atoms with Crippen LogP contribution >= 0.6 is 0 Å². The summed E-state index contributed by atoms with van der Waals surface area (Å²) < 4.78 is 50.1. The minimum atomic E-state index is -4.60. The highest BCUT2D eigenvalue weighted by atomic mass is 19.4. The van der Waals surface area contributed by atoms with Gasteiger partial charge in [0.1, 0.15) is 36.4 Å². The van der Waals surface area contributed by atoms with E-state index in [4.69, 9.17) is 4.74 Å². The van der Waals surface area contributed by atoms with Crippen molar-refractivity contribution in [2.45, 2.75) is 62.5 Å². The van der Waals surface area contributed by atoms with Gasteiger partial charge in [-0.05, 0) is 43.4 Å². The number of rotatable bonds is 8. The number of piperidine rings is 1. The Morgan fingerprint density at radius 1 is 1.11 bits per heavy atom. The zero-order valence-corrected chi connectivity index (χ0v) is 23.5. The minimum absolute atomic E-state index is 0.0415. The number of nitrogens with zero attached hydrogens (tertiary/aromatic N) is 10. The van der Waals surface area contributed by atoms with Crippen LogP contribution in [-0.4, -0.2) is 74.6 Å². The van der Waals surface area contributed by atoms with E-state index in [1.165, 1.54) is 29.7 Å². The fourth-order valence-corrected chi connectivity index (χ4v) is 6.33. The van der Waals surface area contributed by atoms with Crippen LogP contribution in [0, 0.1) is 11.3 Å². The second-order valence-electron chi connectivity index (χ2n) is 11.4. The largest absolute Gasteiger partial charge is 0.474 e. The third-order valence-electron chi connectivity index (χ3n) is 8.58. The predicted molar refractivity (Wildman–Crippen MR) is 150 cm³/mol. The van der Waals surface area contributed by atoms with Crippen LogP contribution in [0.25, 0.3) is 22.3 Å². The second-order valence-corrected chi connectivity index (χ2v) is 11.4. The van der Waals surface area contributed by atoms with Crippen molar-refractivity contribution in [3.63, 3.8) is 0 Å².